The zero-order valence-corrected chi connectivity index (χ0v) is 13.5. The number of urea groups is 1. The first-order valence-corrected chi connectivity index (χ1v) is 7.71. The van der Waals surface area contributed by atoms with Gasteiger partial charge < -0.3 is 15.2 Å². The van der Waals surface area contributed by atoms with E-state index in [-0.39, 0.29) is 24.3 Å². The summed E-state index contributed by atoms with van der Waals surface area (Å²) >= 11 is 0. The summed E-state index contributed by atoms with van der Waals surface area (Å²) in [6.07, 6.45) is 2.60. The maximum Gasteiger partial charge on any atom is 0.325 e. The van der Waals surface area contributed by atoms with E-state index < -0.39 is 11.6 Å². The van der Waals surface area contributed by atoms with E-state index in [0.717, 1.165) is 22.8 Å². The number of nitrogens with one attached hydrogen (secondary N) is 2. The molecule has 1 atom stereocenters. The molecule has 3 heterocycles. The van der Waals surface area contributed by atoms with Crippen molar-refractivity contribution in [3.8, 4) is 0 Å². The fraction of sp³-hybridized carbons (Fsp3) is 0.600. The Morgan fingerprint density at radius 3 is 2.74 bits per heavy atom. The topological polar surface area (TPSA) is 98.4 Å². The number of carbonyl (C=O) groups excluding carboxylic acids is 3. The number of aromatic nitrogens is 2. The van der Waals surface area contributed by atoms with Crippen LogP contribution in [0.4, 0.5) is 4.79 Å². The number of likely N-dealkylation sites (tertiary alicyclic amines) is 1. The van der Waals surface area contributed by atoms with Gasteiger partial charge in [0, 0.05) is 30.9 Å². The lowest BCUT2D eigenvalue weighted by Gasteiger charge is -2.20. The minimum absolute atomic E-state index is 0.173. The van der Waals surface area contributed by atoms with Crippen LogP contribution >= 0.6 is 0 Å². The number of hydrogen-bond donors (Lipinski definition) is 2. The van der Waals surface area contributed by atoms with Crippen LogP contribution in [0.15, 0.2) is 6.20 Å². The first-order valence-electron chi connectivity index (χ1n) is 7.71. The third kappa shape index (κ3) is 2.80. The summed E-state index contributed by atoms with van der Waals surface area (Å²) in [5.41, 5.74) is 0.0442. The van der Waals surface area contributed by atoms with Crippen molar-refractivity contribution >= 4 is 17.8 Å². The van der Waals surface area contributed by atoms with Gasteiger partial charge in [0.15, 0.2) is 0 Å². The summed E-state index contributed by atoms with van der Waals surface area (Å²) in [5, 5.41) is 2.58. The van der Waals surface area contributed by atoms with E-state index in [4.69, 9.17) is 0 Å². The number of imide groups is 1. The SMILES string of the molecule is Cc1cnc(C2CCN(C(=O)CN3C(=O)NC(C)(C)C3=O)C2)[nH]1. The predicted molar refractivity (Wildman–Crippen MR) is 81.6 cm³/mol. The average molecular weight is 319 g/mol. The standard InChI is InChI=1S/C15H21N5O3/c1-9-6-16-12(17-9)10-4-5-19(7-10)11(21)8-20-13(22)15(2,3)18-14(20)23/h6,10H,4-5,7-8H2,1-3H3,(H,16,17)(H,18,23). The smallest absolute Gasteiger partial charge is 0.325 e. The molecular formula is C15H21N5O3. The van der Waals surface area contributed by atoms with Crippen LogP contribution in [0.1, 0.15) is 37.7 Å². The number of imidazole rings is 1. The van der Waals surface area contributed by atoms with Crippen molar-refractivity contribution in [1.29, 1.82) is 0 Å². The van der Waals surface area contributed by atoms with E-state index in [1.807, 2.05) is 6.92 Å². The lowest BCUT2D eigenvalue weighted by atomic mass is 10.1. The monoisotopic (exact) mass is 319 g/mol. The van der Waals surface area contributed by atoms with Gasteiger partial charge in [-0.15, -0.1) is 0 Å². The molecule has 0 aromatic carbocycles. The van der Waals surface area contributed by atoms with Crippen LogP contribution in [0.25, 0.3) is 0 Å². The molecule has 0 spiro atoms. The molecule has 2 fully saturated rings. The second kappa shape index (κ2) is 5.36. The third-order valence-corrected chi connectivity index (χ3v) is 4.39. The van der Waals surface area contributed by atoms with E-state index in [0.29, 0.717) is 13.1 Å². The molecule has 2 aliphatic rings. The molecule has 4 amide bonds. The molecule has 0 radical (unpaired) electrons. The molecule has 1 unspecified atom stereocenters. The lowest BCUT2D eigenvalue weighted by Crippen LogP contribution is -2.44. The summed E-state index contributed by atoms with van der Waals surface area (Å²) in [5.74, 6) is 0.478. The summed E-state index contributed by atoms with van der Waals surface area (Å²) in [7, 11) is 0. The van der Waals surface area contributed by atoms with Crippen molar-refractivity contribution in [1.82, 2.24) is 25.1 Å². The van der Waals surface area contributed by atoms with Gasteiger partial charge >= 0.3 is 6.03 Å². The van der Waals surface area contributed by atoms with Gasteiger partial charge in [-0.1, -0.05) is 0 Å². The van der Waals surface area contributed by atoms with E-state index in [1.54, 1.807) is 24.9 Å². The highest BCUT2D eigenvalue weighted by Gasteiger charge is 2.45. The van der Waals surface area contributed by atoms with Gasteiger partial charge in [0.05, 0.1) is 0 Å². The van der Waals surface area contributed by atoms with Crippen molar-refractivity contribution < 1.29 is 14.4 Å². The molecule has 0 aliphatic carbocycles. The Bertz CT molecular complexity index is 666. The predicted octanol–water partition coefficient (Wildman–Crippen LogP) is 0.364. The fourth-order valence-electron chi connectivity index (χ4n) is 3.05. The number of aryl methyl sites for hydroxylation is 1. The van der Waals surface area contributed by atoms with Crippen LogP contribution in [0.3, 0.4) is 0 Å². The van der Waals surface area contributed by atoms with Crippen LogP contribution in [-0.2, 0) is 9.59 Å². The van der Waals surface area contributed by atoms with E-state index in [1.165, 1.54) is 0 Å². The van der Waals surface area contributed by atoms with Crippen molar-refractivity contribution in [2.45, 2.75) is 38.6 Å². The molecule has 8 heteroatoms. The summed E-state index contributed by atoms with van der Waals surface area (Å²) in [6, 6.07) is -0.509. The molecule has 0 bridgehead atoms. The van der Waals surface area contributed by atoms with E-state index in [2.05, 4.69) is 15.3 Å². The van der Waals surface area contributed by atoms with Gasteiger partial charge in [0.1, 0.15) is 17.9 Å². The third-order valence-electron chi connectivity index (χ3n) is 4.39. The Kier molecular flexibility index (Phi) is 3.62. The fourth-order valence-corrected chi connectivity index (χ4v) is 3.05. The number of amides is 4. The number of nitrogens with zero attached hydrogens (tertiary/aromatic N) is 3. The number of aromatic amines is 1. The zero-order valence-electron chi connectivity index (χ0n) is 13.5. The highest BCUT2D eigenvalue weighted by atomic mass is 16.2. The Balaban J connectivity index is 1.62. The van der Waals surface area contributed by atoms with Crippen LogP contribution in [0, 0.1) is 6.92 Å². The van der Waals surface area contributed by atoms with Gasteiger partial charge in [-0.2, -0.15) is 0 Å². The molecular weight excluding hydrogens is 298 g/mol. The average Bonchev–Trinajstić information content (AvgIpc) is 3.14. The van der Waals surface area contributed by atoms with Crippen molar-refractivity contribution in [3.05, 3.63) is 17.7 Å². The Hall–Kier alpha value is -2.38. The molecule has 23 heavy (non-hydrogen) atoms. The van der Waals surface area contributed by atoms with E-state index in [9.17, 15) is 14.4 Å². The maximum absolute atomic E-state index is 12.4. The van der Waals surface area contributed by atoms with Gasteiger partial charge in [0.2, 0.25) is 5.91 Å². The minimum atomic E-state index is -0.948. The summed E-state index contributed by atoms with van der Waals surface area (Å²) in [4.78, 5) is 46.6. The zero-order chi connectivity index (χ0) is 16.8. The molecule has 2 saturated heterocycles. The van der Waals surface area contributed by atoms with Crippen LogP contribution in [0.5, 0.6) is 0 Å². The van der Waals surface area contributed by atoms with Crippen molar-refractivity contribution in [2.75, 3.05) is 19.6 Å². The number of rotatable bonds is 3. The van der Waals surface area contributed by atoms with Gasteiger partial charge in [0.25, 0.3) is 5.91 Å². The number of hydrogen-bond acceptors (Lipinski definition) is 4. The number of H-pyrrole nitrogens is 1. The molecule has 2 N–H and O–H groups in total. The molecule has 2 aliphatic heterocycles. The van der Waals surface area contributed by atoms with Crippen molar-refractivity contribution in [2.24, 2.45) is 0 Å². The molecule has 8 nitrogen and oxygen atoms in total. The molecule has 3 rings (SSSR count). The lowest BCUT2D eigenvalue weighted by molar-refractivity contribution is -0.137. The second-order valence-corrected chi connectivity index (χ2v) is 6.72. The van der Waals surface area contributed by atoms with Crippen molar-refractivity contribution in [3.63, 3.8) is 0 Å². The summed E-state index contributed by atoms with van der Waals surface area (Å²) < 4.78 is 0. The second-order valence-electron chi connectivity index (χ2n) is 6.72. The highest BCUT2D eigenvalue weighted by molar-refractivity contribution is 6.08. The van der Waals surface area contributed by atoms with Crippen LogP contribution in [0.2, 0.25) is 0 Å². The van der Waals surface area contributed by atoms with Crippen LogP contribution in [-0.4, -0.2) is 62.8 Å². The normalized spacial score (nSPS) is 23.5. The largest absolute Gasteiger partial charge is 0.346 e. The first-order chi connectivity index (χ1) is 10.8. The quantitative estimate of drug-likeness (QED) is 0.786. The molecule has 1 aromatic heterocycles. The Morgan fingerprint density at radius 2 is 2.17 bits per heavy atom. The molecule has 124 valence electrons. The van der Waals surface area contributed by atoms with Crippen LogP contribution < -0.4 is 5.32 Å². The van der Waals surface area contributed by atoms with Gasteiger partial charge in [-0.05, 0) is 27.2 Å². The highest BCUT2D eigenvalue weighted by Crippen LogP contribution is 2.25. The Morgan fingerprint density at radius 1 is 1.43 bits per heavy atom. The molecule has 0 saturated carbocycles. The molecule has 1 aromatic rings. The van der Waals surface area contributed by atoms with Gasteiger partial charge in [-0.25, -0.2) is 9.78 Å². The first kappa shape index (κ1) is 15.5. The summed E-state index contributed by atoms with van der Waals surface area (Å²) in [6.45, 7) is 6.15. The Labute approximate surface area is 134 Å². The number of carbonyl (C=O) groups is 3. The maximum atomic E-state index is 12.4. The minimum Gasteiger partial charge on any atom is -0.346 e. The van der Waals surface area contributed by atoms with Gasteiger partial charge in [-0.3, -0.25) is 14.5 Å². The van der Waals surface area contributed by atoms with E-state index >= 15 is 0 Å².